The molecule has 5 heteroatoms. The van der Waals surface area contributed by atoms with Gasteiger partial charge in [-0.1, -0.05) is 12.1 Å². The van der Waals surface area contributed by atoms with E-state index in [9.17, 15) is 0 Å². The number of nitrogens with one attached hydrogen (secondary N) is 1. The largest absolute Gasteiger partial charge is 0.484 e. The number of benzene rings is 2. The maximum Gasteiger partial charge on any atom is 0.145 e. The SMILES string of the molecule is Cc1c2ccncc2cc2c3cccc(OCC4=NCCN4)c3n(C)c12. The van der Waals surface area contributed by atoms with Gasteiger partial charge in [0, 0.05) is 42.1 Å². The van der Waals surface area contributed by atoms with Crippen LogP contribution in [0.3, 0.4) is 0 Å². The predicted molar refractivity (Wildman–Crippen MR) is 106 cm³/mol. The smallest absolute Gasteiger partial charge is 0.145 e. The molecule has 0 amide bonds. The van der Waals surface area contributed by atoms with Crippen molar-refractivity contribution >= 4 is 38.4 Å². The van der Waals surface area contributed by atoms with E-state index >= 15 is 0 Å². The van der Waals surface area contributed by atoms with E-state index in [0.717, 1.165) is 30.2 Å². The average molecular weight is 344 g/mol. The monoisotopic (exact) mass is 344 g/mol. The van der Waals surface area contributed by atoms with Crippen LogP contribution in [-0.4, -0.2) is 35.1 Å². The van der Waals surface area contributed by atoms with Crippen LogP contribution < -0.4 is 10.1 Å². The van der Waals surface area contributed by atoms with Crippen molar-refractivity contribution in [2.75, 3.05) is 19.7 Å². The lowest BCUT2D eigenvalue weighted by molar-refractivity contribution is 0.376. The van der Waals surface area contributed by atoms with Crippen molar-refractivity contribution in [3.8, 4) is 5.75 Å². The molecular weight excluding hydrogens is 324 g/mol. The van der Waals surface area contributed by atoms with Crippen molar-refractivity contribution in [2.45, 2.75) is 6.92 Å². The van der Waals surface area contributed by atoms with E-state index in [4.69, 9.17) is 4.74 Å². The Balaban J connectivity index is 1.74. The molecule has 26 heavy (non-hydrogen) atoms. The molecule has 1 N–H and O–H groups in total. The fourth-order valence-corrected chi connectivity index (χ4v) is 4.06. The molecule has 0 atom stereocenters. The molecular formula is C21H20N4O. The Kier molecular flexibility index (Phi) is 3.35. The average Bonchev–Trinajstić information content (AvgIpc) is 3.28. The molecule has 1 aliphatic rings. The highest BCUT2D eigenvalue weighted by Crippen LogP contribution is 2.38. The highest BCUT2D eigenvalue weighted by atomic mass is 16.5. The van der Waals surface area contributed by atoms with Crippen molar-refractivity contribution in [3.63, 3.8) is 0 Å². The molecule has 0 radical (unpaired) electrons. The second-order valence-electron chi connectivity index (χ2n) is 6.75. The summed E-state index contributed by atoms with van der Waals surface area (Å²) in [6.45, 7) is 4.39. The van der Waals surface area contributed by atoms with Gasteiger partial charge in [0.1, 0.15) is 18.2 Å². The molecule has 0 aliphatic carbocycles. The van der Waals surface area contributed by atoms with Crippen LogP contribution in [0.1, 0.15) is 5.56 Å². The molecule has 0 spiro atoms. The van der Waals surface area contributed by atoms with Gasteiger partial charge in [0.25, 0.3) is 0 Å². The molecule has 0 saturated carbocycles. The molecule has 5 nitrogen and oxygen atoms in total. The Morgan fingerprint density at radius 1 is 1.15 bits per heavy atom. The maximum absolute atomic E-state index is 6.12. The first-order chi connectivity index (χ1) is 12.7. The molecule has 130 valence electrons. The van der Waals surface area contributed by atoms with Crippen LogP contribution in [0, 0.1) is 6.92 Å². The first-order valence-corrected chi connectivity index (χ1v) is 8.88. The standard InChI is InChI=1S/C21H20N4O/c1-13-15-6-7-22-11-14(15)10-17-16-4-3-5-18(21(16)25(2)20(13)17)26-12-19-23-8-9-24-19/h3-7,10-11H,8-9,12H2,1-2H3,(H,23,24). The normalized spacial score (nSPS) is 14.2. The summed E-state index contributed by atoms with van der Waals surface area (Å²) in [6.07, 6.45) is 3.79. The lowest BCUT2D eigenvalue weighted by Gasteiger charge is -2.10. The van der Waals surface area contributed by atoms with Gasteiger partial charge in [0.05, 0.1) is 17.6 Å². The minimum absolute atomic E-state index is 0.478. The van der Waals surface area contributed by atoms with Crippen LogP contribution in [0.5, 0.6) is 5.75 Å². The van der Waals surface area contributed by atoms with Gasteiger partial charge in [-0.3, -0.25) is 9.98 Å². The fraction of sp³-hybridized carbons (Fsp3) is 0.238. The third-order valence-electron chi connectivity index (χ3n) is 5.23. The zero-order valence-corrected chi connectivity index (χ0v) is 14.9. The second-order valence-corrected chi connectivity index (χ2v) is 6.75. The summed E-state index contributed by atoms with van der Waals surface area (Å²) in [4.78, 5) is 8.70. The number of ether oxygens (including phenoxy) is 1. The van der Waals surface area contributed by atoms with E-state index in [2.05, 4.69) is 58.1 Å². The number of para-hydroxylation sites is 1. The summed E-state index contributed by atoms with van der Waals surface area (Å²) < 4.78 is 8.37. The third kappa shape index (κ3) is 2.17. The van der Waals surface area contributed by atoms with Crippen molar-refractivity contribution in [1.29, 1.82) is 0 Å². The van der Waals surface area contributed by atoms with Gasteiger partial charge in [-0.2, -0.15) is 0 Å². The second kappa shape index (κ2) is 5.73. The Bertz CT molecular complexity index is 1190. The third-order valence-corrected chi connectivity index (χ3v) is 5.23. The minimum atomic E-state index is 0.478. The first-order valence-electron chi connectivity index (χ1n) is 8.88. The van der Waals surface area contributed by atoms with Crippen molar-refractivity contribution in [1.82, 2.24) is 14.9 Å². The van der Waals surface area contributed by atoms with Gasteiger partial charge in [-0.25, -0.2) is 0 Å². The van der Waals surface area contributed by atoms with E-state index in [-0.39, 0.29) is 0 Å². The number of rotatable bonds is 3. The molecule has 4 aromatic rings. The Hall–Kier alpha value is -3.08. The molecule has 0 saturated heterocycles. The zero-order chi connectivity index (χ0) is 17.7. The molecule has 3 heterocycles. The summed E-state index contributed by atoms with van der Waals surface area (Å²) in [5.74, 6) is 1.81. The van der Waals surface area contributed by atoms with Crippen LogP contribution in [0.25, 0.3) is 32.6 Å². The molecule has 0 unspecified atom stereocenters. The van der Waals surface area contributed by atoms with Gasteiger partial charge < -0.3 is 14.6 Å². The number of nitrogens with zero attached hydrogens (tertiary/aromatic N) is 3. The summed E-state index contributed by atoms with van der Waals surface area (Å²) in [5, 5.41) is 8.11. The van der Waals surface area contributed by atoms with E-state index in [1.165, 1.54) is 32.6 Å². The van der Waals surface area contributed by atoms with E-state index in [1.54, 1.807) is 0 Å². The molecule has 0 fully saturated rings. The van der Waals surface area contributed by atoms with Crippen molar-refractivity contribution in [2.24, 2.45) is 12.0 Å². The maximum atomic E-state index is 6.12. The van der Waals surface area contributed by atoms with Crippen molar-refractivity contribution in [3.05, 3.63) is 48.3 Å². The molecule has 2 aromatic carbocycles. The lowest BCUT2D eigenvalue weighted by atomic mass is 10.0. The predicted octanol–water partition coefficient (Wildman–Crippen LogP) is 3.57. The number of hydrogen-bond acceptors (Lipinski definition) is 4. The summed E-state index contributed by atoms with van der Waals surface area (Å²) in [6, 6.07) is 10.6. The number of amidine groups is 1. The highest BCUT2D eigenvalue weighted by Gasteiger charge is 2.16. The van der Waals surface area contributed by atoms with Gasteiger partial charge in [0.2, 0.25) is 0 Å². The molecule has 5 rings (SSSR count). The number of hydrogen-bond donors (Lipinski definition) is 1. The number of fused-ring (bicyclic) bond motifs is 4. The van der Waals surface area contributed by atoms with Gasteiger partial charge in [-0.05, 0) is 36.1 Å². The van der Waals surface area contributed by atoms with E-state index in [1.807, 2.05) is 18.5 Å². The number of aromatic nitrogens is 2. The van der Waals surface area contributed by atoms with Crippen LogP contribution in [0.15, 0.2) is 47.7 Å². The zero-order valence-electron chi connectivity index (χ0n) is 14.9. The lowest BCUT2D eigenvalue weighted by Crippen LogP contribution is -2.24. The molecule has 0 bridgehead atoms. The van der Waals surface area contributed by atoms with Crippen LogP contribution in [0.4, 0.5) is 0 Å². The summed E-state index contributed by atoms with van der Waals surface area (Å²) in [5.41, 5.74) is 3.63. The Morgan fingerprint density at radius 2 is 2.08 bits per heavy atom. The van der Waals surface area contributed by atoms with Crippen LogP contribution in [-0.2, 0) is 7.05 Å². The van der Waals surface area contributed by atoms with Crippen LogP contribution in [0.2, 0.25) is 0 Å². The summed E-state index contributed by atoms with van der Waals surface area (Å²) >= 11 is 0. The Labute approximate surface area is 151 Å². The number of pyridine rings is 1. The summed E-state index contributed by atoms with van der Waals surface area (Å²) in [7, 11) is 2.11. The van der Waals surface area contributed by atoms with Gasteiger partial charge in [-0.15, -0.1) is 0 Å². The Morgan fingerprint density at radius 3 is 2.92 bits per heavy atom. The number of aryl methyl sites for hydroxylation is 2. The fourth-order valence-electron chi connectivity index (χ4n) is 4.06. The first kappa shape index (κ1) is 15.2. The van der Waals surface area contributed by atoms with E-state index in [0.29, 0.717) is 6.61 Å². The minimum Gasteiger partial charge on any atom is -0.484 e. The number of aliphatic imine (C=N–C) groups is 1. The van der Waals surface area contributed by atoms with Gasteiger partial charge >= 0.3 is 0 Å². The van der Waals surface area contributed by atoms with E-state index < -0.39 is 0 Å². The highest BCUT2D eigenvalue weighted by molar-refractivity contribution is 6.15. The quantitative estimate of drug-likeness (QED) is 0.618. The van der Waals surface area contributed by atoms with Crippen molar-refractivity contribution < 1.29 is 4.74 Å². The van der Waals surface area contributed by atoms with Gasteiger partial charge in [0.15, 0.2) is 0 Å². The van der Waals surface area contributed by atoms with Crippen LogP contribution >= 0.6 is 0 Å². The molecule has 1 aliphatic heterocycles. The molecule has 2 aromatic heterocycles. The topological polar surface area (TPSA) is 51.4 Å².